The lowest BCUT2D eigenvalue weighted by Crippen LogP contribution is -2.14. The van der Waals surface area contributed by atoms with Gasteiger partial charge in [0.15, 0.2) is 0 Å². The Labute approximate surface area is 135 Å². The molecule has 1 N–H and O–H groups in total. The van der Waals surface area contributed by atoms with E-state index in [9.17, 15) is 8.42 Å². The molecule has 0 unspecified atom stereocenters. The summed E-state index contributed by atoms with van der Waals surface area (Å²) in [6.45, 7) is 1.75. The number of halogens is 3. The maximum absolute atomic E-state index is 12.3. The number of nitrogens with zero attached hydrogens (tertiary/aromatic N) is 1. The number of hydrogen-bond donors (Lipinski definition) is 1. The molecule has 0 saturated carbocycles. The molecule has 0 saturated heterocycles. The lowest BCUT2D eigenvalue weighted by Gasteiger charge is -2.10. The average molecular weight is 396 g/mol. The zero-order chi connectivity index (χ0) is 14.9. The van der Waals surface area contributed by atoms with Crippen LogP contribution in [0.3, 0.4) is 0 Å². The van der Waals surface area contributed by atoms with Crippen LogP contribution in [-0.4, -0.2) is 13.4 Å². The summed E-state index contributed by atoms with van der Waals surface area (Å²) in [4.78, 5) is 4.02. The van der Waals surface area contributed by atoms with E-state index in [0.717, 1.165) is 4.47 Å². The number of aryl methyl sites for hydroxylation is 1. The maximum atomic E-state index is 12.3. The van der Waals surface area contributed by atoms with Crippen LogP contribution in [0.25, 0.3) is 0 Å². The van der Waals surface area contributed by atoms with Crippen molar-refractivity contribution in [2.75, 3.05) is 4.72 Å². The standard InChI is InChI=1S/C12H9BrCl2N2O2S/c1-7-2-8(13)6-16-12(7)17-20(18,19)11-4-9(14)3-10(15)5-11/h2-6H,1H3,(H,16,17). The fourth-order valence-electron chi connectivity index (χ4n) is 1.52. The number of rotatable bonds is 3. The van der Waals surface area contributed by atoms with Gasteiger partial charge in [0.2, 0.25) is 0 Å². The molecule has 0 aliphatic rings. The van der Waals surface area contributed by atoms with E-state index >= 15 is 0 Å². The first kappa shape index (κ1) is 15.6. The first-order chi connectivity index (χ1) is 9.28. The Morgan fingerprint density at radius 1 is 1.15 bits per heavy atom. The van der Waals surface area contributed by atoms with Crippen molar-refractivity contribution in [1.29, 1.82) is 0 Å². The van der Waals surface area contributed by atoms with E-state index in [1.807, 2.05) is 0 Å². The smallest absolute Gasteiger partial charge is 0.263 e. The van der Waals surface area contributed by atoms with Crippen molar-refractivity contribution in [3.8, 4) is 0 Å². The number of nitrogens with one attached hydrogen (secondary N) is 1. The molecule has 8 heteroatoms. The van der Waals surface area contributed by atoms with Crippen LogP contribution in [0.4, 0.5) is 5.82 Å². The highest BCUT2D eigenvalue weighted by atomic mass is 79.9. The van der Waals surface area contributed by atoms with E-state index in [4.69, 9.17) is 23.2 Å². The van der Waals surface area contributed by atoms with Gasteiger partial charge in [0.05, 0.1) is 4.90 Å². The number of pyridine rings is 1. The summed E-state index contributed by atoms with van der Waals surface area (Å²) in [6.07, 6.45) is 1.51. The Kier molecular flexibility index (Phi) is 4.59. The third-order valence-corrected chi connectivity index (χ3v) is 4.61. The second-order valence-corrected chi connectivity index (χ2v) is 7.50. The molecular weight excluding hydrogens is 387 g/mol. The fourth-order valence-corrected chi connectivity index (χ4v) is 3.77. The van der Waals surface area contributed by atoms with Gasteiger partial charge < -0.3 is 0 Å². The van der Waals surface area contributed by atoms with Crippen LogP contribution >= 0.6 is 39.1 Å². The summed E-state index contributed by atoms with van der Waals surface area (Å²) in [6, 6.07) is 5.87. The van der Waals surface area contributed by atoms with Gasteiger partial charge in [-0.25, -0.2) is 13.4 Å². The van der Waals surface area contributed by atoms with E-state index in [1.165, 1.54) is 24.4 Å². The van der Waals surface area contributed by atoms with Crippen molar-refractivity contribution in [2.45, 2.75) is 11.8 Å². The Balaban J connectivity index is 2.40. The predicted molar refractivity (Wildman–Crippen MR) is 83.9 cm³/mol. The summed E-state index contributed by atoms with van der Waals surface area (Å²) in [7, 11) is -3.79. The van der Waals surface area contributed by atoms with Crippen molar-refractivity contribution in [2.24, 2.45) is 0 Å². The SMILES string of the molecule is Cc1cc(Br)cnc1NS(=O)(=O)c1cc(Cl)cc(Cl)c1. The van der Waals surface area contributed by atoms with Crippen molar-refractivity contribution in [1.82, 2.24) is 4.98 Å². The Morgan fingerprint density at radius 2 is 1.75 bits per heavy atom. The van der Waals surface area contributed by atoms with Crippen molar-refractivity contribution in [3.63, 3.8) is 0 Å². The van der Waals surface area contributed by atoms with E-state index in [-0.39, 0.29) is 20.8 Å². The monoisotopic (exact) mass is 394 g/mol. The lowest BCUT2D eigenvalue weighted by atomic mass is 10.3. The Bertz CT molecular complexity index is 746. The van der Waals surface area contributed by atoms with Crippen molar-refractivity contribution < 1.29 is 8.42 Å². The van der Waals surface area contributed by atoms with Crippen LogP contribution in [0, 0.1) is 6.92 Å². The van der Waals surface area contributed by atoms with E-state index in [0.29, 0.717) is 5.56 Å². The molecule has 0 atom stereocenters. The molecule has 2 rings (SSSR count). The molecule has 1 aromatic carbocycles. The van der Waals surface area contributed by atoms with Gasteiger partial charge in [-0.3, -0.25) is 4.72 Å². The summed E-state index contributed by atoms with van der Waals surface area (Å²) >= 11 is 14.9. The third kappa shape index (κ3) is 3.63. The van der Waals surface area contributed by atoms with E-state index < -0.39 is 10.0 Å². The van der Waals surface area contributed by atoms with Crippen LogP contribution in [0.2, 0.25) is 10.0 Å². The number of aromatic nitrogens is 1. The molecule has 2 aromatic rings. The number of hydrogen-bond acceptors (Lipinski definition) is 3. The molecular formula is C12H9BrCl2N2O2S. The van der Waals surface area contributed by atoms with Gasteiger partial charge in [0, 0.05) is 20.7 Å². The van der Waals surface area contributed by atoms with Gasteiger partial charge in [-0.05, 0) is 52.7 Å². The van der Waals surface area contributed by atoms with E-state index in [1.54, 1.807) is 13.0 Å². The van der Waals surface area contributed by atoms with Crippen LogP contribution in [0.5, 0.6) is 0 Å². The second-order valence-electron chi connectivity index (χ2n) is 4.03. The summed E-state index contributed by atoms with van der Waals surface area (Å²) in [5, 5.41) is 0.497. The number of anilines is 1. The van der Waals surface area contributed by atoms with Crippen molar-refractivity contribution >= 4 is 55.0 Å². The topological polar surface area (TPSA) is 59.1 Å². The highest BCUT2D eigenvalue weighted by Crippen LogP contribution is 2.25. The molecule has 0 aliphatic heterocycles. The molecule has 0 amide bonds. The maximum Gasteiger partial charge on any atom is 0.263 e. The van der Waals surface area contributed by atoms with Gasteiger partial charge in [-0.1, -0.05) is 23.2 Å². The third-order valence-electron chi connectivity index (χ3n) is 2.42. The van der Waals surface area contributed by atoms with Gasteiger partial charge in [-0.15, -0.1) is 0 Å². The van der Waals surface area contributed by atoms with Gasteiger partial charge in [0.25, 0.3) is 10.0 Å². The van der Waals surface area contributed by atoms with Gasteiger partial charge in [0.1, 0.15) is 5.82 Å². The van der Waals surface area contributed by atoms with Crippen LogP contribution in [0.15, 0.2) is 39.8 Å². The molecule has 0 bridgehead atoms. The minimum Gasteiger partial charge on any atom is -0.263 e. The number of sulfonamides is 1. The molecule has 1 heterocycles. The van der Waals surface area contributed by atoms with Gasteiger partial charge >= 0.3 is 0 Å². The van der Waals surface area contributed by atoms with Gasteiger partial charge in [-0.2, -0.15) is 0 Å². The average Bonchev–Trinajstić information content (AvgIpc) is 2.31. The van der Waals surface area contributed by atoms with Crippen LogP contribution in [-0.2, 0) is 10.0 Å². The minimum atomic E-state index is -3.79. The Hall–Kier alpha value is -0.820. The fraction of sp³-hybridized carbons (Fsp3) is 0.0833. The highest BCUT2D eigenvalue weighted by Gasteiger charge is 2.17. The minimum absolute atomic E-state index is 0.0147. The van der Waals surface area contributed by atoms with E-state index in [2.05, 4.69) is 25.6 Å². The molecule has 0 radical (unpaired) electrons. The first-order valence-corrected chi connectivity index (χ1v) is 8.42. The normalized spacial score (nSPS) is 11.4. The zero-order valence-corrected chi connectivity index (χ0v) is 14.1. The molecule has 106 valence electrons. The van der Waals surface area contributed by atoms with Crippen molar-refractivity contribution in [3.05, 3.63) is 50.5 Å². The number of benzene rings is 1. The molecule has 0 fully saturated rings. The van der Waals surface area contributed by atoms with Crippen LogP contribution in [0.1, 0.15) is 5.56 Å². The largest absolute Gasteiger partial charge is 0.263 e. The molecule has 0 aliphatic carbocycles. The highest BCUT2D eigenvalue weighted by molar-refractivity contribution is 9.10. The Morgan fingerprint density at radius 3 is 2.30 bits per heavy atom. The lowest BCUT2D eigenvalue weighted by molar-refractivity contribution is 0.601. The summed E-state index contributed by atoms with van der Waals surface area (Å²) in [5.41, 5.74) is 0.691. The summed E-state index contributed by atoms with van der Waals surface area (Å²) < 4.78 is 27.7. The zero-order valence-electron chi connectivity index (χ0n) is 10.2. The van der Waals surface area contributed by atoms with Crippen LogP contribution < -0.4 is 4.72 Å². The predicted octanol–water partition coefficient (Wildman–Crippen LogP) is 4.26. The summed E-state index contributed by atoms with van der Waals surface area (Å²) in [5.74, 6) is 0.254. The molecule has 1 aromatic heterocycles. The second kappa shape index (κ2) is 5.89. The molecule has 0 spiro atoms. The molecule has 20 heavy (non-hydrogen) atoms. The quantitative estimate of drug-likeness (QED) is 0.844. The first-order valence-electron chi connectivity index (χ1n) is 5.39. The molecule has 4 nitrogen and oxygen atoms in total.